The summed E-state index contributed by atoms with van der Waals surface area (Å²) in [4.78, 5) is 0. The molecule has 5 heteroatoms. The van der Waals surface area contributed by atoms with Gasteiger partial charge in [-0.3, -0.25) is 0 Å². The summed E-state index contributed by atoms with van der Waals surface area (Å²) in [6.45, 7) is 6.09. The van der Waals surface area contributed by atoms with Gasteiger partial charge in [-0.1, -0.05) is 46.0 Å². The molecule has 0 aromatic carbocycles. The fourth-order valence-corrected chi connectivity index (χ4v) is 2.86. The van der Waals surface area contributed by atoms with Crippen LogP contribution >= 0.6 is 10.7 Å². The quantitative estimate of drug-likeness (QED) is 0.375. The number of halogens is 1. The smallest absolute Gasteiger partial charge is 0.232 e. The van der Waals surface area contributed by atoms with E-state index in [1.165, 1.54) is 25.7 Å². The first kappa shape index (κ1) is 19.2. The Kier molecular flexibility index (Phi) is 12.1. The minimum Gasteiger partial charge on any atom is -0.381 e. The highest BCUT2D eigenvalue weighted by Crippen LogP contribution is 2.13. The van der Waals surface area contributed by atoms with E-state index in [2.05, 4.69) is 13.8 Å². The van der Waals surface area contributed by atoms with Gasteiger partial charge in [0, 0.05) is 23.9 Å². The second kappa shape index (κ2) is 12.0. The molecule has 0 aliphatic heterocycles. The lowest BCUT2D eigenvalue weighted by Gasteiger charge is -2.14. The normalized spacial score (nSPS) is 13.6. The molecule has 0 aliphatic rings. The van der Waals surface area contributed by atoms with Crippen LogP contribution in [0.3, 0.4) is 0 Å². The van der Waals surface area contributed by atoms with E-state index in [0.717, 1.165) is 32.5 Å². The van der Waals surface area contributed by atoms with Crippen LogP contribution in [0.15, 0.2) is 0 Å². The molecule has 0 rings (SSSR count). The van der Waals surface area contributed by atoms with Crippen LogP contribution in [0.1, 0.15) is 65.2 Å². The highest BCUT2D eigenvalue weighted by Gasteiger charge is 2.06. The first-order valence-electron chi connectivity index (χ1n) is 7.49. The number of unbranched alkanes of at least 4 members (excludes halogenated alkanes) is 4. The first-order chi connectivity index (χ1) is 8.99. The van der Waals surface area contributed by atoms with Crippen molar-refractivity contribution in [1.82, 2.24) is 0 Å². The molecule has 0 saturated carbocycles. The van der Waals surface area contributed by atoms with Gasteiger partial charge in [0.2, 0.25) is 9.05 Å². The van der Waals surface area contributed by atoms with E-state index < -0.39 is 9.05 Å². The van der Waals surface area contributed by atoms with Gasteiger partial charge >= 0.3 is 0 Å². The molecular weight excluding hydrogens is 284 g/mol. The highest BCUT2D eigenvalue weighted by molar-refractivity contribution is 8.13. The third-order valence-electron chi connectivity index (χ3n) is 3.32. The Morgan fingerprint density at radius 1 is 1.05 bits per heavy atom. The Labute approximate surface area is 123 Å². The van der Waals surface area contributed by atoms with Crippen LogP contribution in [0.2, 0.25) is 0 Å². The lowest BCUT2D eigenvalue weighted by atomic mass is 10.0. The van der Waals surface area contributed by atoms with Crippen LogP contribution < -0.4 is 0 Å². The summed E-state index contributed by atoms with van der Waals surface area (Å²) in [6, 6.07) is 0. The molecule has 0 amide bonds. The van der Waals surface area contributed by atoms with E-state index >= 15 is 0 Å². The molecule has 0 fully saturated rings. The standard InChI is InChI=1S/C14H29ClO3S/c1-3-5-10-14(4-2)13-18-11-8-6-7-9-12-19(15,16)17/h14H,3-13H2,1-2H3. The maximum atomic E-state index is 10.7. The second-order valence-electron chi connectivity index (χ2n) is 5.15. The van der Waals surface area contributed by atoms with Crippen LogP contribution in [-0.2, 0) is 13.8 Å². The van der Waals surface area contributed by atoms with E-state index in [-0.39, 0.29) is 5.75 Å². The summed E-state index contributed by atoms with van der Waals surface area (Å²) in [5.41, 5.74) is 0. The monoisotopic (exact) mass is 312 g/mol. The Morgan fingerprint density at radius 3 is 2.32 bits per heavy atom. The van der Waals surface area contributed by atoms with Crippen molar-refractivity contribution in [3.8, 4) is 0 Å². The van der Waals surface area contributed by atoms with Crippen molar-refractivity contribution < 1.29 is 13.2 Å². The summed E-state index contributed by atoms with van der Waals surface area (Å²) in [5.74, 6) is 0.783. The minimum atomic E-state index is -3.30. The van der Waals surface area contributed by atoms with Gasteiger partial charge in [0.05, 0.1) is 5.75 Å². The predicted octanol–water partition coefficient (Wildman–Crippen LogP) is 4.35. The van der Waals surface area contributed by atoms with Gasteiger partial charge in [-0.2, -0.15) is 0 Å². The predicted molar refractivity (Wildman–Crippen MR) is 82.2 cm³/mol. The fraction of sp³-hybridized carbons (Fsp3) is 1.00. The average molecular weight is 313 g/mol. The molecule has 0 saturated heterocycles. The average Bonchev–Trinajstić information content (AvgIpc) is 2.35. The third kappa shape index (κ3) is 14.4. The Balaban J connectivity index is 3.34. The van der Waals surface area contributed by atoms with Gasteiger partial charge in [-0.15, -0.1) is 0 Å². The zero-order chi connectivity index (χ0) is 14.6. The van der Waals surface area contributed by atoms with Crippen molar-refractivity contribution in [2.45, 2.75) is 65.2 Å². The molecule has 0 aliphatic carbocycles. The topological polar surface area (TPSA) is 43.4 Å². The molecule has 0 heterocycles. The van der Waals surface area contributed by atoms with Crippen molar-refractivity contribution in [2.24, 2.45) is 5.92 Å². The maximum Gasteiger partial charge on any atom is 0.232 e. The van der Waals surface area contributed by atoms with Gasteiger partial charge in [0.15, 0.2) is 0 Å². The van der Waals surface area contributed by atoms with E-state index in [0.29, 0.717) is 12.3 Å². The summed E-state index contributed by atoms with van der Waals surface area (Å²) >= 11 is 0. The Morgan fingerprint density at radius 2 is 1.74 bits per heavy atom. The molecule has 3 nitrogen and oxygen atoms in total. The summed E-state index contributed by atoms with van der Waals surface area (Å²) < 4.78 is 27.1. The molecule has 0 spiro atoms. The van der Waals surface area contributed by atoms with Crippen LogP contribution in [-0.4, -0.2) is 27.4 Å². The van der Waals surface area contributed by atoms with E-state index in [9.17, 15) is 8.42 Å². The summed E-state index contributed by atoms with van der Waals surface area (Å²) in [6.07, 6.45) is 8.57. The molecule has 0 aromatic rings. The van der Waals surface area contributed by atoms with E-state index in [1.807, 2.05) is 0 Å². The summed E-state index contributed by atoms with van der Waals surface area (Å²) in [7, 11) is 1.83. The number of hydrogen-bond acceptors (Lipinski definition) is 3. The van der Waals surface area contributed by atoms with Gasteiger partial charge in [0.25, 0.3) is 0 Å². The number of rotatable bonds is 13. The van der Waals surface area contributed by atoms with Crippen molar-refractivity contribution in [1.29, 1.82) is 0 Å². The van der Waals surface area contributed by atoms with E-state index in [4.69, 9.17) is 15.4 Å². The van der Waals surface area contributed by atoms with Crippen molar-refractivity contribution >= 4 is 19.7 Å². The lowest BCUT2D eigenvalue weighted by molar-refractivity contribution is 0.0909. The van der Waals surface area contributed by atoms with Crippen LogP contribution in [0, 0.1) is 5.92 Å². The molecule has 1 atom stereocenters. The lowest BCUT2D eigenvalue weighted by Crippen LogP contribution is -2.09. The third-order valence-corrected chi connectivity index (χ3v) is 4.56. The Bertz CT molecular complexity index is 291. The van der Waals surface area contributed by atoms with Crippen LogP contribution in [0.5, 0.6) is 0 Å². The van der Waals surface area contributed by atoms with Crippen LogP contribution in [0.25, 0.3) is 0 Å². The van der Waals surface area contributed by atoms with Gasteiger partial charge in [-0.05, 0) is 25.2 Å². The highest BCUT2D eigenvalue weighted by atomic mass is 35.7. The van der Waals surface area contributed by atoms with Crippen molar-refractivity contribution in [3.63, 3.8) is 0 Å². The molecule has 0 N–H and O–H groups in total. The number of hydrogen-bond donors (Lipinski definition) is 0. The van der Waals surface area contributed by atoms with Gasteiger partial charge < -0.3 is 4.74 Å². The number of ether oxygens (including phenoxy) is 1. The second-order valence-corrected chi connectivity index (χ2v) is 8.05. The SMILES string of the molecule is CCCCC(CC)COCCCCCCS(=O)(=O)Cl. The summed E-state index contributed by atoms with van der Waals surface area (Å²) in [5, 5.41) is 0. The van der Waals surface area contributed by atoms with Gasteiger partial charge in [-0.25, -0.2) is 8.42 Å². The molecular formula is C14H29ClO3S. The molecule has 19 heavy (non-hydrogen) atoms. The van der Waals surface area contributed by atoms with Crippen molar-refractivity contribution in [3.05, 3.63) is 0 Å². The minimum absolute atomic E-state index is 0.0876. The van der Waals surface area contributed by atoms with Gasteiger partial charge in [0.1, 0.15) is 0 Å². The fourth-order valence-electron chi connectivity index (χ4n) is 1.98. The maximum absolute atomic E-state index is 10.7. The Hall–Kier alpha value is 0.200. The van der Waals surface area contributed by atoms with Crippen molar-refractivity contribution in [2.75, 3.05) is 19.0 Å². The van der Waals surface area contributed by atoms with E-state index in [1.54, 1.807) is 0 Å². The molecule has 116 valence electrons. The molecule has 0 aromatic heterocycles. The zero-order valence-electron chi connectivity index (χ0n) is 12.4. The molecule has 0 radical (unpaired) electrons. The molecule has 0 bridgehead atoms. The first-order valence-corrected chi connectivity index (χ1v) is 9.97. The molecule has 1 unspecified atom stereocenters. The zero-order valence-corrected chi connectivity index (χ0v) is 13.9. The van der Waals surface area contributed by atoms with Crippen LogP contribution in [0.4, 0.5) is 0 Å². The largest absolute Gasteiger partial charge is 0.381 e.